The number of ether oxygens (including phenoxy) is 1. The summed E-state index contributed by atoms with van der Waals surface area (Å²) in [5.74, 6) is 1.15. The molecule has 0 aliphatic heterocycles. The van der Waals surface area contributed by atoms with Gasteiger partial charge in [-0.3, -0.25) is 9.89 Å². The summed E-state index contributed by atoms with van der Waals surface area (Å²) in [5.41, 5.74) is 0. The Labute approximate surface area is 111 Å². The Morgan fingerprint density at radius 1 is 1.61 bits per heavy atom. The fourth-order valence-corrected chi connectivity index (χ4v) is 2.06. The highest BCUT2D eigenvalue weighted by molar-refractivity contribution is 7.99. The van der Waals surface area contributed by atoms with Crippen molar-refractivity contribution in [3.8, 4) is 0 Å². The third-order valence-corrected chi connectivity index (χ3v) is 3.00. The lowest BCUT2D eigenvalue weighted by Crippen LogP contribution is -2.36. The third-order valence-electron chi connectivity index (χ3n) is 2.15. The maximum atomic E-state index is 11.6. The molecule has 0 bridgehead atoms. The Bertz CT molecular complexity index is 370. The van der Waals surface area contributed by atoms with E-state index in [4.69, 9.17) is 4.74 Å². The number of carbonyl (C=O) groups excluding carboxylic acids is 1. The molecule has 0 aliphatic rings. The Morgan fingerprint density at radius 3 is 3.06 bits per heavy atom. The predicted molar refractivity (Wildman–Crippen MR) is 70.6 cm³/mol. The smallest absolute Gasteiger partial charge is 0.230 e. The second kappa shape index (κ2) is 8.10. The van der Waals surface area contributed by atoms with Crippen LogP contribution in [0, 0.1) is 0 Å². The second-order valence-corrected chi connectivity index (χ2v) is 4.97. The van der Waals surface area contributed by atoms with Gasteiger partial charge in [0.1, 0.15) is 5.82 Å². The largest absolute Gasteiger partial charge is 0.383 e. The van der Waals surface area contributed by atoms with E-state index in [1.54, 1.807) is 7.11 Å². The summed E-state index contributed by atoms with van der Waals surface area (Å²) in [5, 5.41) is 10.4. The number of thioether (sulfide) groups is 1. The van der Waals surface area contributed by atoms with Gasteiger partial charge in [0, 0.05) is 19.6 Å². The van der Waals surface area contributed by atoms with E-state index < -0.39 is 0 Å². The first kappa shape index (κ1) is 15.0. The van der Waals surface area contributed by atoms with E-state index in [1.807, 2.05) is 6.92 Å². The molecule has 1 atom stereocenters. The first-order valence-electron chi connectivity index (χ1n) is 5.98. The number of aromatic amines is 1. The minimum Gasteiger partial charge on any atom is -0.383 e. The SMILES string of the molecule is CCCc1nc(SCC(=O)NC(C)COC)n[nH]1. The quantitative estimate of drug-likeness (QED) is 0.690. The molecule has 2 N–H and O–H groups in total. The highest BCUT2D eigenvalue weighted by Crippen LogP contribution is 2.12. The van der Waals surface area contributed by atoms with E-state index in [0.29, 0.717) is 17.5 Å². The van der Waals surface area contributed by atoms with Crippen molar-refractivity contribution < 1.29 is 9.53 Å². The maximum Gasteiger partial charge on any atom is 0.230 e. The summed E-state index contributed by atoms with van der Waals surface area (Å²) in [6, 6.07) is 0.0193. The van der Waals surface area contributed by atoms with Gasteiger partial charge in [0.2, 0.25) is 11.1 Å². The van der Waals surface area contributed by atoms with Crippen LogP contribution in [0.1, 0.15) is 26.1 Å². The molecule has 1 aromatic rings. The van der Waals surface area contributed by atoms with Crippen molar-refractivity contribution in [1.29, 1.82) is 0 Å². The number of methoxy groups -OCH3 is 1. The van der Waals surface area contributed by atoms with Crippen LogP contribution in [-0.4, -0.2) is 46.6 Å². The lowest BCUT2D eigenvalue weighted by molar-refractivity contribution is -0.119. The van der Waals surface area contributed by atoms with Gasteiger partial charge < -0.3 is 10.1 Å². The Morgan fingerprint density at radius 2 is 2.39 bits per heavy atom. The number of H-pyrrole nitrogens is 1. The molecule has 102 valence electrons. The molecule has 0 fully saturated rings. The van der Waals surface area contributed by atoms with Crippen LogP contribution in [0.4, 0.5) is 0 Å². The highest BCUT2D eigenvalue weighted by Gasteiger charge is 2.09. The molecule has 6 nitrogen and oxygen atoms in total. The number of aryl methyl sites for hydroxylation is 1. The summed E-state index contributed by atoms with van der Waals surface area (Å²) in [6.45, 7) is 4.50. The standard InChI is InChI=1S/C11H20N4O2S/c1-4-5-9-13-11(15-14-9)18-7-10(16)12-8(2)6-17-3/h8H,4-7H2,1-3H3,(H,12,16)(H,13,14,15). The van der Waals surface area contributed by atoms with Gasteiger partial charge in [-0.05, 0) is 13.3 Å². The van der Waals surface area contributed by atoms with E-state index in [2.05, 4.69) is 27.4 Å². The molecule has 0 aliphatic carbocycles. The van der Waals surface area contributed by atoms with Crippen LogP contribution in [0.5, 0.6) is 0 Å². The average Bonchev–Trinajstić information content (AvgIpc) is 2.75. The number of nitrogens with zero attached hydrogens (tertiary/aromatic N) is 2. The zero-order chi connectivity index (χ0) is 13.4. The van der Waals surface area contributed by atoms with Crippen molar-refractivity contribution in [1.82, 2.24) is 20.5 Å². The van der Waals surface area contributed by atoms with Gasteiger partial charge in [0.15, 0.2) is 0 Å². The zero-order valence-electron chi connectivity index (χ0n) is 11.0. The minimum absolute atomic E-state index is 0.0193. The summed E-state index contributed by atoms with van der Waals surface area (Å²) in [6.07, 6.45) is 1.90. The summed E-state index contributed by atoms with van der Waals surface area (Å²) in [4.78, 5) is 15.9. The van der Waals surface area contributed by atoms with Gasteiger partial charge in [-0.25, -0.2) is 4.98 Å². The first-order valence-corrected chi connectivity index (χ1v) is 6.96. The van der Waals surface area contributed by atoms with Crippen molar-refractivity contribution in [3.63, 3.8) is 0 Å². The van der Waals surface area contributed by atoms with E-state index in [-0.39, 0.29) is 11.9 Å². The van der Waals surface area contributed by atoms with Crippen LogP contribution in [0.3, 0.4) is 0 Å². The van der Waals surface area contributed by atoms with Crippen molar-refractivity contribution in [3.05, 3.63) is 5.82 Å². The normalized spacial score (nSPS) is 12.4. The molecule has 0 radical (unpaired) electrons. The molecule has 0 saturated carbocycles. The number of rotatable bonds is 8. The molecule has 18 heavy (non-hydrogen) atoms. The Hall–Kier alpha value is -1.08. The van der Waals surface area contributed by atoms with Crippen molar-refractivity contribution in [2.24, 2.45) is 0 Å². The number of hydrogen-bond donors (Lipinski definition) is 2. The lowest BCUT2D eigenvalue weighted by atomic mass is 10.3. The lowest BCUT2D eigenvalue weighted by Gasteiger charge is -2.11. The highest BCUT2D eigenvalue weighted by atomic mass is 32.2. The summed E-state index contributed by atoms with van der Waals surface area (Å²) in [7, 11) is 1.61. The van der Waals surface area contributed by atoms with Crippen molar-refractivity contribution in [2.45, 2.75) is 37.9 Å². The fourth-order valence-electron chi connectivity index (χ4n) is 1.43. The number of carbonyl (C=O) groups is 1. The molecule has 1 rings (SSSR count). The van der Waals surface area contributed by atoms with E-state index in [9.17, 15) is 4.79 Å². The minimum atomic E-state index is -0.0357. The average molecular weight is 272 g/mol. The molecule has 7 heteroatoms. The van der Waals surface area contributed by atoms with Crippen LogP contribution in [0.2, 0.25) is 0 Å². The van der Waals surface area contributed by atoms with Crippen LogP contribution in [0.15, 0.2) is 5.16 Å². The molecule has 0 aromatic carbocycles. The van der Waals surface area contributed by atoms with E-state index in [0.717, 1.165) is 18.7 Å². The van der Waals surface area contributed by atoms with Gasteiger partial charge in [0.05, 0.1) is 12.4 Å². The predicted octanol–water partition coefficient (Wildman–Crippen LogP) is 1.00. The molecule has 0 saturated heterocycles. The number of nitrogens with one attached hydrogen (secondary N) is 2. The third kappa shape index (κ3) is 5.50. The first-order chi connectivity index (χ1) is 8.65. The van der Waals surface area contributed by atoms with E-state index >= 15 is 0 Å². The van der Waals surface area contributed by atoms with Gasteiger partial charge in [-0.2, -0.15) is 0 Å². The molecular weight excluding hydrogens is 252 g/mol. The zero-order valence-corrected chi connectivity index (χ0v) is 11.8. The molecule has 1 unspecified atom stereocenters. The van der Waals surface area contributed by atoms with Gasteiger partial charge in [0.25, 0.3) is 0 Å². The topological polar surface area (TPSA) is 79.9 Å². The number of hydrogen-bond acceptors (Lipinski definition) is 5. The van der Waals surface area contributed by atoms with Crippen molar-refractivity contribution in [2.75, 3.05) is 19.5 Å². The van der Waals surface area contributed by atoms with Gasteiger partial charge in [-0.1, -0.05) is 18.7 Å². The van der Waals surface area contributed by atoms with Crippen LogP contribution >= 0.6 is 11.8 Å². The Kier molecular flexibility index (Phi) is 6.74. The maximum absolute atomic E-state index is 11.6. The van der Waals surface area contributed by atoms with Gasteiger partial charge in [-0.15, -0.1) is 5.10 Å². The van der Waals surface area contributed by atoms with Crippen LogP contribution in [-0.2, 0) is 16.0 Å². The van der Waals surface area contributed by atoms with Crippen LogP contribution < -0.4 is 5.32 Å². The number of amides is 1. The summed E-state index contributed by atoms with van der Waals surface area (Å²) >= 11 is 1.33. The summed E-state index contributed by atoms with van der Waals surface area (Å²) < 4.78 is 4.95. The fraction of sp³-hybridized carbons (Fsp3) is 0.727. The van der Waals surface area contributed by atoms with Crippen LogP contribution in [0.25, 0.3) is 0 Å². The Balaban J connectivity index is 2.28. The van der Waals surface area contributed by atoms with E-state index in [1.165, 1.54) is 11.8 Å². The second-order valence-electron chi connectivity index (χ2n) is 4.03. The molecule has 1 heterocycles. The number of aromatic nitrogens is 3. The molecule has 1 amide bonds. The molecular formula is C11H20N4O2S. The molecule has 1 aromatic heterocycles. The monoisotopic (exact) mass is 272 g/mol. The van der Waals surface area contributed by atoms with Gasteiger partial charge >= 0.3 is 0 Å². The molecule has 0 spiro atoms. The van der Waals surface area contributed by atoms with Crippen molar-refractivity contribution >= 4 is 17.7 Å².